The van der Waals surface area contributed by atoms with Gasteiger partial charge in [0, 0.05) is 11.6 Å². The summed E-state index contributed by atoms with van der Waals surface area (Å²) < 4.78 is 8.49. The molecule has 2 atom stereocenters. The van der Waals surface area contributed by atoms with Gasteiger partial charge in [0.2, 0.25) is 0 Å². The van der Waals surface area contributed by atoms with Gasteiger partial charge in [0.25, 0.3) is 0 Å². The summed E-state index contributed by atoms with van der Waals surface area (Å²) in [5, 5.41) is 12.4. The van der Waals surface area contributed by atoms with Crippen molar-refractivity contribution in [1.29, 1.82) is 0 Å². The summed E-state index contributed by atoms with van der Waals surface area (Å²) in [6, 6.07) is 5.83. The second kappa shape index (κ2) is 7.11. The van der Waals surface area contributed by atoms with Gasteiger partial charge in [0.1, 0.15) is 5.60 Å². The quantitative estimate of drug-likeness (QED) is 0.770. The molecule has 0 radical (unpaired) electrons. The van der Waals surface area contributed by atoms with Crippen molar-refractivity contribution in [1.82, 2.24) is 9.55 Å². The number of aryl methyl sites for hydroxylation is 1. The number of benzene rings is 1. The average Bonchev–Trinajstić information content (AvgIpc) is 3.02. The van der Waals surface area contributed by atoms with Crippen molar-refractivity contribution >= 4 is 20.6 Å². The van der Waals surface area contributed by atoms with Crippen molar-refractivity contribution in [3.63, 3.8) is 0 Å². The Hall–Kier alpha value is -1.14. The van der Waals surface area contributed by atoms with Crippen molar-refractivity contribution in [2.75, 3.05) is 0 Å². The molecule has 0 saturated carbocycles. The van der Waals surface area contributed by atoms with Crippen molar-refractivity contribution in [2.24, 2.45) is 5.41 Å². The molecule has 1 aliphatic heterocycles. The molecule has 0 bridgehead atoms. The number of imidazole rings is 1. The van der Waals surface area contributed by atoms with E-state index >= 15 is 0 Å². The zero-order chi connectivity index (χ0) is 19.1. The second-order valence-corrected chi connectivity index (χ2v) is 11.4. The van der Waals surface area contributed by atoms with Gasteiger partial charge in [-0.2, -0.15) is 0 Å². The molecule has 0 fully saturated rings. The van der Waals surface area contributed by atoms with Gasteiger partial charge in [0.15, 0.2) is 9.04 Å². The van der Waals surface area contributed by atoms with E-state index in [0.717, 1.165) is 29.8 Å². The van der Waals surface area contributed by atoms with Crippen LogP contribution in [0.4, 0.5) is 0 Å². The standard InChI is InChI=1S/C20H29ClN2O2Si/c1-19(2,3)18(25-26(4)5)15-8-7-14(21)11-16(15)20(24)9-6-10-23-13-22-12-17(20)23/h7-8,11-13,18,24,26H,6,9-10H2,1-5H3. The zero-order valence-corrected chi connectivity index (χ0v) is 18.2. The van der Waals surface area contributed by atoms with Gasteiger partial charge in [-0.05, 0) is 54.6 Å². The van der Waals surface area contributed by atoms with E-state index in [4.69, 9.17) is 16.0 Å². The molecule has 4 nitrogen and oxygen atoms in total. The summed E-state index contributed by atoms with van der Waals surface area (Å²) in [4.78, 5) is 4.26. The Morgan fingerprint density at radius 3 is 2.73 bits per heavy atom. The highest BCUT2D eigenvalue weighted by Crippen LogP contribution is 2.46. The van der Waals surface area contributed by atoms with Crippen molar-refractivity contribution in [3.8, 4) is 0 Å². The molecule has 1 aliphatic rings. The zero-order valence-electron chi connectivity index (χ0n) is 16.3. The number of hydrogen-bond donors (Lipinski definition) is 1. The summed E-state index contributed by atoms with van der Waals surface area (Å²) in [5.41, 5.74) is 1.52. The maximum absolute atomic E-state index is 11.8. The minimum absolute atomic E-state index is 0.0921. The summed E-state index contributed by atoms with van der Waals surface area (Å²) in [6.45, 7) is 11.8. The highest BCUT2D eigenvalue weighted by Gasteiger charge is 2.41. The Morgan fingerprint density at radius 2 is 2.08 bits per heavy atom. The van der Waals surface area contributed by atoms with Crippen LogP contribution in [0.25, 0.3) is 0 Å². The lowest BCUT2D eigenvalue weighted by Crippen LogP contribution is -2.37. The third-order valence-corrected chi connectivity index (χ3v) is 6.06. The van der Waals surface area contributed by atoms with Crippen molar-refractivity contribution < 1.29 is 9.53 Å². The van der Waals surface area contributed by atoms with Crippen LogP contribution < -0.4 is 0 Å². The molecule has 1 N–H and O–H groups in total. The Morgan fingerprint density at radius 1 is 1.35 bits per heavy atom. The summed E-state index contributed by atoms with van der Waals surface area (Å²) >= 11 is 6.36. The Kier molecular flexibility index (Phi) is 5.37. The van der Waals surface area contributed by atoms with E-state index in [1.54, 1.807) is 12.5 Å². The van der Waals surface area contributed by atoms with Gasteiger partial charge in [-0.15, -0.1) is 0 Å². The molecule has 0 spiro atoms. The lowest BCUT2D eigenvalue weighted by molar-refractivity contribution is 0.0369. The summed E-state index contributed by atoms with van der Waals surface area (Å²) in [6.07, 6.45) is 5.02. The molecule has 6 heteroatoms. The van der Waals surface area contributed by atoms with Gasteiger partial charge in [-0.3, -0.25) is 0 Å². The highest BCUT2D eigenvalue weighted by atomic mass is 35.5. The van der Waals surface area contributed by atoms with Crippen LogP contribution in [0.1, 0.15) is 56.5 Å². The molecule has 26 heavy (non-hydrogen) atoms. The topological polar surface area (TPSA) is 47.3 Å². The van der Waals surface area contributed by atoms with Gasteiger partial charge >= 0.3 is 0 Å². The number of rotatable bonds is 4. The first kappa shape index (κ1) is 19.6. The molecule has 0 amide bonds. The number of hydrogen-bond acceptors (Lipinski definition) is 3. The van der Waals surface area contributed by atoms with Crippen LogP contribution >= 0.6 is 11.6 Å². The number of halogens is 1. The molecule has 1 aromatic carbocycles. The predicted molar refractivity (Wildman–Crippen MR) is 108 cm³/mol. The second-order valence-electron chi connectivity index (χ2n) is 8.60. The lowest BCUT2D eigenvalue weighted by Gasteiger charge is -2.39. The van der Waals surface area contributed by atoms with Crippen LogP contribution in [0.5, 0.6) is 0 Å². The molecule has 0 aliphatic carbocycles. The van der Waals surface area contributed by atoms with Crippen LogP contribution in [0.15, 0.2) is 30.7 Å². The first-order chi connectivity index (χ1) is 12.1. The maximum Gasteiger partial charge on any atom is 0.171 e. The third-order valence-electron chi connectivity index (χ3n) is 5.01. The van der Waals surface area contributed by atoms with Gasteiger partial charge in [0.05, 0.1) is 24.3 Å². The summed E-state index contributed by atoms with van der Waals surface area (Å²) in [7, 11) is -1.28. The molecule has 2 unspecified atom stereocenters. The minimum atomic E-state index is -1.28. The molecular formula is C20H29ClN2O2Si. The van der Waals surface area contributed by atoms with Crippen LogP contribution in [0, 0.1) is 5.41 Å². The smallest absolute Gasteiger partial charge is 0.171 e. The Bertz CT molecular complexity index is 784. The highest BCUT2D eigenvalue weighted by molar-refractivity contribution is 6.48. The molecule has 2 heterocycles. The molecule has 2 aromatic rings. The van der Waals surface area contributed by atoms with Crippen LogP contribution in [-0.2, 0) is 16.6 Å². The third kappa shape index (κ3) is 3.63. The van der Waals surface area contributed by atoms with Crippen LogP contribution in [0.2, 0.25) is 18.1 Å². The van der Waals surface area contributed by atoms with E-state index in [-0.39, 0.29) is 11.5 Å². The Balaban J connectivity index is 2.19. The van der Waals surface area contributed by atoms with E-state index in [1.807, 2.05) is 22.8 Å². The van der Waals surface area contributed by atoms with E-state index in [1.165, 1.54) is 0 Å². The number of nitrogens with zero attached hydrogens (tertiary/aromatic N) is 2. The molecule has 0 saturated heterocycles. The number of fused-ring (bicyclic) bond motifs is 1. The predicted octanol–water partition coefficient (Wildman–Crippen LogP) is 4.65. The van der Waals surface area contributed by atoms with Crippen molar-refractivity contribution in [3.05, 3.63) is 52.6 Å². The van der Waals surface area contributed by atoms with Crippen molar-refractivity contribution in [2.45, 2.75) is 65.0 Å². The van der Waals surface area contributed by atoms with E-state index in [0.29, 0.717) is 11.4 Å². The largest absolute Gasteiger partial charge is 0.413 e. The minimum Gasteiger partial charge on any atom is -0.413 e. The van der Waals surface area contributed by atoms with Gasteiger partial charge in [-0.1, -0.05) is 38.4 Å². The molecular weight excluding hydrogens is 364 g/mol. The first-order valence-corrected chi connectivity index (χ1v) is 12.5. The Labute approximate surface area is 162 Å². The van der Waals surface area contributed by atoms with E-state index < -0.39 is 14.6 Å². The SMILES string of the molecule is C[SiH](C)OC(c1ccc(Cl)cc1C1(O)CCCn2cncc21)C(C)(C)C. The molecule has 3 rings (SSSR count). The summed E-state index contributed by atoms with van der Waals surface area (Å²) in [5.74, 6) is 0. The fourth-order valence-corrected chi connectivity index (χ4v) is 5.15. The van der Waals surface area contributed by atoms with Gasteiger partial charge in [-0.25, -0.2) is 4.98 Å². The van der Waals surface area contributed by atoms with Crippen LogP contribution in [-0.4, -0.2) is 23.7 Å². The number of aromatic nitrogens is 2. The number of aliphatic hydroxyl groups is 1. The van der Waals surface area contributed by atoms with Gasteiger partial charge < -0.3 is 14.1 Å². The van der Waals surface area contributed by atoms with E-state index in [9.17, 15) is 5.11 Å². The van der Waals surface area contributed by atoms with Crippen LogP contribution in [0.3, 0.4) is 0 Å². The molecule has 142 valence electrons. The maximum atomic E-state index is 11.8. The fraction of sp³-hybridized carbons (Fsp3) is 0.550. The monoisotopic (exact) mass is 392 g/mol. The fourth-order valence-electron chi connectivity index (χ4n) is 3.88. The first-order valence-electron chi connectivity index (χ1n) is 9.31. The van der Waals surface area contributed by atoms with E-state index in [2.05, 4.69) is 38.8 Å². The normalized spacial score (nSPS) is 21.7. The molecule has 1 aromatic heterocycles. The average molecular weight is 393 g/mol. The lowest BCUT2D eigenvalue weighted by atomic mass is 9.76.